The lowest BCUT2D eigenvalue weighted by atomic mass is 9.80. The molecule has 3 aliphatic rings. The number of nitrogens with two attached hydrogens (primary N) is 1. The van der Waals surface area contributed by atoms with Gasteiger partial charge in [0.2, 0.25) is 0 Å². The summed E-state index contributed by atoms with van der Waals surface area (Å²) in [5.74, 6) is -0.174. The van der Waals surface area contributed by atoms with Crippen molar-refractivity contribution in [3.8, 4) is 0 Å². The molecule has 0 fully saturated rings. The monoisotopic (exact) mass is 341 g/mol. The zero-order valence-electron chi connectivity index (χ0n) is 14.1. The topological polar surface area (TPSA) is 75.8 Å². The van der Waals surface area contributed by atoms with Crippen molar-refractivity contribution in [2.45, 2.75) is 45.6 Å². The maximum absolute atomic E-state index is 13.3. The Morgan fingerprint density at radius 3 is 2.67 bits per heavy atom. The summed E-state index contributed by atoms with van der Waals surface area (Å²) in [6.45, 7) is 8.37. The van der Waals surface area contributed by atoms with E-state index < -0.39 is 5.91 Å². The molecule has 0 unspecified atom stereocenters. The summed E-state index contributed by atoms with van der Waals surface area (Å²) in [4.78, 5) is 31.5. The molecule has 0 saturated heterocycles. The SMILES string of the molecule is Cc1cc2c3c(c1)[C@H](C)CC(C)(C)N3C(=O)/C2=C1\SC(N)=NC1=O. The highest BCUT2D eigenvalue weighted by atomic mass is 32.2. The Balaban J connectivity index is 2.05. The van der Waals surface area contributed by atoms with Gasteiger partial charge in [-0.25, -0.2) is 0 Å². The molecule has 2 N–H and O–H groups in total. The minimum absolute atomic E-state index is 0.116. The number of carbonyl (C=O) groups is 2. The van der Waals surface area contributed by atoms with Gasteiger partial charge >= 0.3 is 0 Å². The van der Waals surface area contributed by atoms with Crippen molar-refractivity contribution in [2.75, 3.05) is 4.90 Å². The number of hydrogen-bond donors (Lipinski definition) is 1. The molecule has 0 aromatic heterocycles. The largest absolute Gasteiger partial charge is 0.378 e. The van der Waals surface area contributed by atoms with Crippen LogP contribution in [0.2, 0.25) is 0 Å². The number of thioether (sulfide) groups is 1. The maximum Gasteiger partial charge on any atom is 0.287 e. The number of rotatable bonds is 0. The van der Waals surface area contributed by atoms with Crippen LogP contribution in [0.4, 0.5) is 5.69 Å². The van der Waals surface area contributed by atoms with Crippen LogP contribution in [-0.4, -0.2) is 22.5 Å². The van der Waals surface area contributed by atoms with E-state index >= 15 is 0 Å². The highest BCUT2D eigenvalue weighted by molar-refractivity contribution is 8.18. The zero-order valence-corrected chi connectivity index (χ0v) is 15.0. The van der Waals surface area contributed by atoms with Crippen LogP contribution in [0.15, 0.2) is 22.0 Å². The molecule has 0 saturated carbocycles. The van der Waals surface area contributed by atoms with Crippen molar-refractivity contribution in [1.29, 1.82) is 0 Å². The van der Waals surface area contributed by atoms with E-state index in [0.717, 1.165) is 35.0 Å². The average molecular weight is 341 g/mol. The van der Waals surface area contributed by atoms with Crippen LogP contribution in [0.3, 0.4) is 0 Å². The molecule has 3 heterocycles. The minimum Gasteiger partial charge on any atom is -0.378 e. The number of aryl methyl sites for hydroxylation is 1. The Kier molecular flexibility index (Phi) is 3.04. The Hall–Kier alpha value is -2.08. The second-order valence-electron chi connectivity index (χ2n) is 7.37. The molecule has 4 rings (SSSR count). The third kappa shape index (κ3) is 1.92. The van der Waals surface area contributed by atoms with E-state index in [0.29, 0.717) is 16.4 Å². The Morgan fingerprint density at radius 1 is 1.33 bits per heavy atom. The Morgan fingerprint density at radius 2 is 2.04 bits per heavy atom. The maximum atomic E-state index is 13.3. The summed E-state index contributed by atoms with van der Waals surface area (Å²) >= 11 is 1.09. The van der Waals surface area contributed by atoms with E-state index in [2.05, 4.69) is 31.8 Å². The summed E-state index contributed by atoms with van der Waals surface area (Å²) < 4.78 is 0. The van der Waals surface area contributed by atoms with E-state index in [-0.39, 0.29) is 16.6 Å². The highest BCUT2D eigenvalue weighted by Crippen LogP contribution is 2.53. The van der Waals surface area contributed by atoms with E-state index in [1.165, 1.54) is 5.56 Å². The molecule has 1 aromatic carbocycles. The van der Waals surface area contributed by atoms with Crippen LogP contribution in [0, 0.1) is 6.92 Å². The summed E-state index contributed by atoms with van der Waals surface area (Å²) in [6, 6.07) is 4.15. The average Bonchev–Trinajstić information content (AvgIpc) is 2.92. The predicted octanol–water partition coefficient (Wildman–Crippen LogP) is 2.93. The fourth-order valence-corrected chi connectivity index (χ4v) is 4.95. The molecule has 3 aliphatic heterocycles. The second-order valence-corrected chi connectivity index (χ2v) is 8.40. The van der Waals surface area contributed by atoms with Gasteiger partial charge < -0.3 is 10.6 Å². The third-order valence-electron chi connectivity index (χ3n) is 4.98. The number of benzene rings is 1. The zero-order chi connectivity index (χ0) is 17.4. The third-order valence-corrected chi connectivity index (χ3v) is 5.86. The van der Waals surface area contributed by atoms with Gasteiger partial charge in [0.15, 0.2) is 5.17 Å². The fraction of sp³-hybridized carbons (Fsp3) is 0.389. The molecule has 124 valence electrons. The van der Waals surface area contributed by atoms with Crippen LogP contribution in [0.25, 0.3) is 5.57 Å². The van der Waals surface area contributed by atoms with Crippen molar-refractivity contribution in [3.63, 3.8) is 0 Å². The van der Waals surface area contributed by atoms with Gasteiger partial charge in [0, 0.05) is 11.1 Å². The van der Waals surface area contributed by atoms with Crippen LogP contribution >= 0.6 is 11.8 Å². The summed E-state index contributed by atoms with van der Waals surface area (Å²) in [7, 11) is 0. The van der Waals surface area contributed by atoms with Crippen molar-refractivity contribution in [3.05, 3.63) is 33.7 Å². The summed E-state index contributed by atoms with van der Waals surface area (Å²) in [5.41, 5.74) is 9.92. The first-order chi connectivity index (χ1) is 11.2. The molecule has 6 heteroatoms. The standard InChI is InChI=1S/C18H19N3O2S/c1-8-5-10-9(2)7-18(3,4)21-13(10)11(6-8)12(16(21)23)14-15(22)20-17(19)24-14/h5-6,9H,7H2,1-4H3,(H2,19,20,22)/b14-12-/t9-/m1/s1. The summed E-state index contributed by atoms with van der Waals surface area (Å²) in [5, 5.41) is 0.200. The van der Waals surface area contributed by atoms with E-state index in [1.807, 2.05) is 17.9 Å². The van der Waals surface area contributed by atoms with E-state index in [4.69, 9.17) is 5.73 Å². The molecular weight excluding hydrogens is 322 g/mol. The number of nitrogens with zero attached hydrogens (tertiary/aromatic N) is 2. The number of aliphatic imine (C=N–C) groups is 1. The van der Waals surface area contributed by atoms with Gasteiger partial charge in [-0.2, -0.15) is 4.99 Å². The molecule has 0 radical (unpaired) electrons. The lowest BCUT2D eigenvalue weighted by molar-refractivity contribution is -0.115. The number of carbonyl (C=O) groups excluding carboxylic acids is 2. The molecule has 0 aliphatic carbocycles. The van der Waals surface area contributed by atoms with E-state index in [9.17, 15) is 9.59 Å². The van der Waals surface area contributed by atoms with Crippen LogP contribution in [0.1, 0.15) is 49.8 Å². The molecule has 1 atom stereocenters. The molecule has 1 aromatic rings. The van der Waals surface area contributed by atoms with Crippen LogP contribution < -0.4 is 10.6 Å². The molecule has 5 nitrogen and oxygen atoms in total. The van der Waals surface area contributed by atoms with Gasteiger partial charge in [-0.15, -0.1) is 0 Å². The predicted molar refractivity (Wildman–Crippen MR) is 96.9 cm³/mol. The molecule has 2 amide bonds. The fourth-order valence-electron chi connectivity index (χ4n) is 4.18. The minimum atomic E-state index is -0.415. The van der Waals surface area contributed by atoms with Gasteiger partial charge in [-0.05, 0) is 56.5 Å². The number of amidine groups is 1. The van der Waals surface area contributed by atoms with Gasteiger partial charge in [0.25, 0.3) is 11.8 Å². The van der Waals surface area contributed by atoms with Gasteiger partial charge in [-0.3, -0.25) is 9.59 Å². The first-order valence-corrected chi connectivity index (χ1v) is 8.82. The van der Waals surface area contributed by atoms with Gasteiger partial charge in [0.05, 0.1) is 16.2 Å². The van der Waals surface area contributed by atoms with E-state index in [1.54, 1.807) is 0 Å². The van der Waals surface area contributed by atoms with Crippen molar-refractivity contribution in [1.82, 2.24) is 0 Å². The summed E-state index contributed by atoms with van der Waals surface area (Å²) in [6.07, 6.45) is 0.886. The van der Waals surface area contributed by atoms with Gasteiger partial charge in [0.1, 0.15) is 0 Å². The molecule has 24 heavy (non-hydrogen) atoms. The molecule has 0 bridgehead atoms. The lowest BCUT2D eigenvalue weighted by Gasteiger charge is -2.43. The first kappa shape index (κ1) is 15.4. The van der Waals surface area contributed by atoms with Crippen LogP contribution in [0.5, 0.6) is 0 Å². The Labute approximate surface area is 145 Å². The number of anilines is 1. The Bertz CT molecular complexity index is 882. The normalized spacial score (nSPS) is 27.6. The lowest BCUT2D eigenvalue weighted by Crippen LogP contribution is -2.49. The smallest absolute Gasteiger partial charge is 0.287 e. The molecular formula is C18H19N3O2S. The molecule has 0 spiro atoms. The highest BCUT2D eigenvalue weighted by Gasteiger charge is 2.49. The van der Waals surface area contributed by atoms with Crippen molar-refractivity contribution < 1.29 is 9.59 Å². The second kappa shape index (κ2) is 4.72. The van der Waals surface area contributed by atoms with Crippen molar-refractivity contribution >= 4 is 40.0 Å². The van der Waals surface area contributed by atoms with Crippen LogP contribution in [-0.2, 0) is 9.59 Å². The number of hydrogen-bond acceptors (Lipinski definition) is 4. The number of amides is 2. The van der Waals surface area contributed by atoms with Crippen molar-refractivity contribution in [2.24, 2.45) is 10.7 Å². The quantitative estimate of drug-likeness (QED) is 0.736. The first-order valence-electron chi connectivity index (χ1n) is 8.01. The van der Waals surface area contributed by atoms with Gasteiger partial charge in [-0.1, -0.05) is 18.6 Å².